The van der Waals surface area contributed by atoms with E-state index in [-0.39, 0.29) is 17.3 Å². The summed E-state index contributed by atoms with van der Waals surface area (Å²) in [5, 5.41) is 17.0. The Kier molecular flexibility index (Phi) is 2.48. The van der Waals surface area contributed by atoms with Gasteiger partial charge < -0.3 is 5.11 Å². The van der Waals surface area contributed by atoms with Crippen molar-refractivity contribution in [3.05, 3.63) is 24.0 Å². The van der Waals surface area contributed by atoms with Crippen molar-refractivity contribution in [2.45, 2.75) is 6.92 Å². The molecule has 4 nitrogen and oxygen atoms in total. The van der Waals surface area contributed by atoms with E-state index in [9.17, 15) is 4.39 Å². The van der Waals surface area contributed by atoms with Gasteiger partial charge in [-0.05, 0) is 19.1 Å². The second-order valence-electron chi connectivity index (χ2n) is 2.59. The molecule has 0 bridgehead atoms. The number of rotatable bonds is 1. The molecule has 0 saturated heterocycles. The average molecular weight is 183 g/mol. The van der Waals surface area contributed by atoms with E-state index in [2.05, 4.69) is 0 Å². The summed E-state index contributed by atoms with van der Waals surface area (Å²) in [7, 11) is 0. The first kappa shape index (κ1) is 9.47. The molecule has 0 atom stereocenters. The van der Waals surface area contributed by atoms with Crippen LogP contribution in [0.1, 0.15) is 6.92 Å². The van der Waals surface area contributed by atoms with Gasteiger partial charge in [0.15, 0.2) is 5.82 Å². The molecule has 4 N–H and O–H groups in total. The monoisotopic (exact) mass is 183 g/mol. The predicted octanol–water partition coefficient (Wildman–Crippen LogP) is 1.21. The number of hydrogen-bond acceptors (Lipinski definition) is 3. The van der Waals surface area contributed by atoms with Crippen LogP contribution in [0.5, 0.6) is 5.75 Å². The lowest BCUT2D eigenvalue weighted by Crippen LogP contribution is -2.35. The molecule has 0 aliphatic rings. The molecule has 0 unspecified atom stereocenters. The summed E-state index contributed by atoms with van der Waals surface area (Å²) in [6.07, 6.45) is 0. The molecule has 0 aliphatic heterocycles. The number of hydrazine groups is 1. The molecule has 70 valence electrons. The van der Waals surface area contributed by atoms with Crippen LogP contribution in [0.15, 0.2) is 18.2 Å². The molecule has 1 aromatic rings. The zero-order valence-corrected chi connectivity index (χ0v) is 7.08. The number of nitrogens with one attached hydrogen (secondary N) is 1. The molecule has 0 radical (unpaired) electrons. The molecule has 1 aromatic carbocycles. The van der Waals surface area contributed by atoms with Crippen LogP contribution in [0.3, 0.4) is 0 Å². The van der Waals surface area contributed by atoms with Crippen LogP contribution in [0.2, 0.25) is 0 Å². The van der Waals surface area contributed by atoms with Crippen LogP contribution < -0.4 is 10.9 Å². The van der Waals surface area contributed by atoms with Gasteiger partial charge in [0.1, 0.15) is 11.6 Å². The summed E-state index contributed by atoms with van der Waals surface area (Å²) >= 11 is 0. The molecule has 0 saturated carbocycles. The highest BCUT2D eigenvalue weighted by molar-refractivity contribution is 5.92. The van der Waals surface area contributed by atoms with Crippen molar-refractivity contribution in [2.24, 2.45) is 5.84 Å². The minimum Gasteiger partial charge on any atom is -0.508 e. The maximum Gasteiger partial charge on any atom is 0.152 e. The molecule has 0 fully saturated rings. The molecule has 0 heterocycles. The summed E-state index contributed by atoms with van der Waals surface area (Å²) in [6.45, 7) is 1.44. The van der Waals surface area contributed by atoms with Crippen LogP contribution in [-0.4, -0.2) is 10.9 Å². The minimum atomic E-state index is -0.658. The van der Waals surface area contributed by atoms with Crippen molar-refractivity contribution in [3.8, 4) is 5.75 Å². The number of hydrogen-bond donors (Lipinski definition) is 3. The molecular weight excluding hydrogens is 173 g/mol. The van der Waals surface area contributed by atoms with Crippen molar-refractivity contribution in [1.29, 1.82) is 5.41 Å². The van der Waals surface area contributed by atoms with Gasteiger partial charge >= 0.3 is 0 Å². The van der Waals surface area contributed by atoms with E-state index in [1.165, 1.54) is 19.1 Å². The highest BCUT2D eigenvalue weighted by Gasteiger charge is 2.09. The van der Waals surface area contributed by atoms with Crippen molar-refractivity contribution in [2.75, 3.05) is 5.01 Å². The van der Waals surface area contributed by atoms with Gasteiger partial charge in [-0.1, -0.05) is 0 Å². The smallest absolute Gasteiger partial charge is 0.152 e. The molecule has 0 aromatic heterocycles. The van der Waals surface area contributed by atoms with Gasteiger partial charge in [-0.15, -0.1) is 0 Å². The Hall–Kier alpha value is -1.62. The summed E-state index contributed by atoms with van der Waals surface area (Å²) in [5.74, 6) is 4.57. The third-order valence-electron chi connectivity index (χ3n) is 1.55. The Labute approximate surface area is 74.9 Å². The quantitative estimate of drug-likeness (QED) is 0.265. The number of aromatic hydroxyl groups is 1. The Bertz CT molecular complexity index is 340. The van der Waals surface area contributed by atoms with Gasteiger partial charge in [0, 0.05) is 6.07 Å². The topological polar surface area (TPSA) is 73.3 Å². The molecule has 0 amide bonds. The van der Waals surface area contributed by atoms with Crippen LogP contribution in [-0.2, 0) is 0 Å². The standard InChI is InChI=1S/C8H10FN3O/c1-5(10)12(11)8-3-2-6(13)4-7(8)9/h2-4,10,13H,11H2,1H3. The van der Waals surface area contributed by atoms with E-state index < -0.39 is 5.82 Å². The number of nitrogens with two attached hydrogens (primary N) is 1. The first-order chi connectivity index (χ1) is 6.02. The van der Waals surface area contributed by atoms with Gasteiger partial charge in [-0.25, -0.2) is 10.2 Å². The average Bonchev–Trinajstić information content (AvgIpc) is 2.03. The van der Waals surface area contributed by atoms with Crippen molar-refractivity contribution >= 4 is 11.5 Å². The largest absolute Gasteiger partial charge is 0.508 e. The molecular formula is C8H10FN3O. The van der Waals surface area contributed by atoms with E-state index >= 15 is 0 Å². The van der Waals surface area contributed by atoms with Gasteiger partial charge in [-0.3, -0.25) is 10.4 Å². The van der Waals surface area contributed by atoms with E-state index in [1.807, 2.05) is 0 Å². The number of phenols is 1. The molecule has 1 rings (SSSR count). The Morgan fingerprint density at radius 3 is 2.69 bits per heavy atom. The lowest BCUT2D eigenvalue weighted by molar-refractivity contribution is 0.469. The third kappa shape index (κ3) is 1.94. The fraction of sp³-hybridized carbons (Fsp3) is 0.125. The maximum absolute atomic E-state index is 13.1. The van der Waals surface area contributed by atoms with E-state index in [4.69, 9.17) is 16.4 Å². The minimum absolute atomic E-state index is 0.0181. The highest BCUT2D eigenvalue weighted by atomic mass is 19.1. The van der Waals surface area contributed by atoms with E-state index in [1.54, 1.807) is 0 Å². The number of halogens is 1. The summed E-state index contributed by atoms with van der Waals surface area (Å²) in [6, 6.07) is 3.56. The second-order valence-corrected chi connectivity index (χ2v) is 2.59. The van der Waals surface area contributed by atoms with Crippen molar-refractivity contribution < 1.29 is 9.50 Å². The fourth-order valence-corrected chi connectivity index (χ4v) is 0.872. The summed E-state index contributed by atoms with van der Waals surface area (Å²) < 4.78 is 13.1. The number of nitrogens with zero attached hydrogens (tertiary/aromatic N) is 1. The van der Waals surface area contributed by atoms with Crippen LogP contribution in [0.25, 0.3) is 0 Å². The van der Waals surface area contributed by atoms with Crippen LogP contribution >= 0.6 is 0 Å². The molecule has 13 heavy (non-hydrogen) atoms. The Morgan fingerprint density at radius 2 is 2.23 bits per heavy atom. The number of amidine groups is 1. The second kappa shape index (κ2) is 3.40. The lowest BCUT2D eigenvalue weighted by atomic mass is 10.3. The first-order valence-electron chi connectivity index (χ1n) is 3.61. The maximum atomic E-state index is 13.1. The zero-order chi connectivity index (χ0) is 10.0. The number of phenolic OH excluding ortho intramolecular Hbond substituents is 1. The molecule has 0 aliphatic carbocycles. The van der Waals surface area contributed by atoms with E-state index in [0.717, 1.165) is 11.1 Å². The fourth-order valence-electron chi connectivity index (χ4n) is 0.872. The summed E-state index contributed by atoms with van der Waals surface area (Å²) in [4.78, 5) is 0. The molecule has 5 heteroatoms. The van der Waals surface area contributed by atoms with E-state index in [0.29, 0.717) is 0 Å². The molecule has 0 spiro atoms. The van der Waals surface area contributed by atoms with Crippen molar-refractivity contribution in [3.63, 3.8) is 0 Å². The zero-order valence-electron chi connectivity index (χ0n) is 7.08. The lowest BCUT2D eigenvalue weighted by Gasteiger charge is -2.17. The SMILES string of the molecule is CC(=N)N(N)c1ccc(O)cc1F. The van der Waals surface area contributed by atoms with Crippen molar-refractivity contribution in [1.82, 2.24) is 0 Å². The summed E-state index contributed by atoms with van der Waals surface area (Å²) in [5.41, 5.74) is 0.0605. The van der Waals surface area contributed by atoms with Gasteiger partial charge in [-0.2, -0.15) is 0 Å². The van der Waals surface area contributed by atoms with Gasteiger partial charge in [0.05, 0.1) is 5.69 Å². The first-order valence-corrected chi connectivity index (χ1v) is 3.61. The number of benzene rings is 1. The normalized spacial score (nSPS) is 9.77. The highest BCUT2D eigenvalue weighted by Crippen LogP contribution is 2.21. The van der Waals surface area contributed by atoms with Crippen LogP contribution in [0.4, 0.5) is 10.1 Å². The number of anilines is 1. The Morgan fingerprint density at radius 1 is 1.62 bits per heavy atom. The van der Waals surface area contributed by atoms with Crippen LogP contribution in [0, 0.1) is 11.2 Å². The Balaban J connectivity index is 3.08. The predicted molar refractivity (Wildman–Crippen MR) is 48.1 cm³/mol. The van der Waals surface area contributed by atoms with Gasteiger partial charge in [0.25, 0.3) is 0 Å². The third-order valence-corrected chi connectivity index (χ3v) is 1.55. The van der Waals surface area contributed by atoms with Gasteiger partial charge in [0.2, 0.25) is 0 Å².